The average molecular weight is 211 g/mol. The SMILES string of the molecule is Cc1cccc(NC(=O)CC(=O)O)c1F. The zero-order valence-corrected chi connectivity index (χ0v) is 8.08. The fraction of sp³-hybridized carbons (Fsp3) is 0.200. The van der Waals surface area contributed by atoms with Crippen LogP contribution in [-0.2, 0) is 9.59 Å². The van der Waals surface area contributed by atoms with E-state index in [4.69, 9.17) is 5.11 Å². The molecule has 5 heteroatoms. The van der Waals surface area contributed by atoms with Crippen molar-refractivity contribution in [1.82, 2.24) is 0 Å². The number of carboxylic acid groups (broad SMARTS) is 1. The zero-order valence-electron chi connectivity index (χ0n) is 8.08. The van der Waals surface area contributed by atoms with Crippen LogP contribution in [0.3, 0.4) is 0 Å². The highest BCUT2D eigenvalue weighted by Gasteiger charge is 2.11. The van der Waals surface area contributed by atoms with Crippen LogP contribution in [0.25, 0.3) is 0 Å². The van der Waals surface area contributed by atoms with Crippen molar-refractivity contribution >= 4 is 17.6 Å². The van der Waals surface area contributed by atoms with Gasteiger partial charge in [0.2, 0.25) is 5.91 Å². The van der Waals surface area contributed by atoms with E-state index in [2.05, 4.69) is 5.32 Å². The molecular formula is C10H10FNO3. The molecular weight excluding hydrogens is 201 g/mol. The molecule has 0 saturated carbocycles. The van der Waals surface area contributed by atoms with E-state index in [9.17, 15) is 14.0 Å². The summed E-state index contributed by atoms with van der Waals surface area (Å²) in [6.45, 7) is 1.56. The molecule has 0 aliphatic heterocycles. The number of benzene rings is 1. The lowest BCUT2D eigenvalue weighted by Gasteiger charge is -2.06. The number of carbonyl (C=O) groups excluding carboxylic acids is 1. The van der Waals surface area contributed by atoms with Crippen molar-refractivity contribution in [3.05, 3.63) is 29.6 Å². The molecule has 1 amide bonds. The fourth-order valence-corrected chi connectivity index (χ4v) is 1.08. The van der Waals surface area contributed by atoms with Gasteiger partial charge in [0.1, 0.15) is 12.2 Å². The molecule has 0 bridgehead atoms. The summed E-state index contributed by atoms with van der Waals surface area (Å²) in [7, 11) is 0. The van der Waals surface area contributed by atoms with Crippen molar-refractivity contribution in [2.24, 2.45) is 0 Å². The number of aliphatic carboxylic acids is 1. The van der Waals surface area contributed by atoms with Gasteiger partial charge in [-0.1, -0.05) is 12.1 Å². The Balaban J connectivity index is 2.77. The minimum absolute atomic E-state index is 0.00116. The normalized spacial score (nSPS) is 9.73. The van der Waals surface area contributed by atoms with E-state index in [0.717, 1.165) is 0 Å². The van der Waals surface area contributed by atoms with Crippen LogP contribution in [0, 0.1) is 12.7 Å². The molecule has 1 rings (SSSR count). The van der Waals surface area contributed by atoms with Crippen LogP contribution in [0.15, 0.2) is 18.2 Å². The van der Waals surface area contributed by atoms with Gasteiger partial charge >= 0.3 is 5.97 Å². The van der Waals surface area contributed by atoms with Gasteiger partial charge in [0, 0.05) is 0 Å². The second-order valence-corrected chi connectivity index (χ2v) is 3.06. The van der Waals surface area contributed by atoms with Crippen LogP contribution >= 0.6 is 0 Å². The first kappa shape index (κ1) is 11.2. The maximum atomic E-state index is 13.3. The Labute approximate surface area is 85.7 Å². The monoisotopic (exact) mass is 211 g/mol. The first-order valence-electron chi connectivity index (χ1n) is 4.27. The van der Waals surface area contributed by atoms with Crippen molar-refractivity contribution < 1.29 is 19.1 Å². The molecule has 2 N–H and O–H groups in total. The lowest BCUT2D eigenvalue weighted by atomic mass is 10.2. The van der Waals surface area contributed by atoms with Gasteiger partial charge in [-0.15, -0.1) is 0 Å². The van der Waals surface area contributed by atoms with Gasteiger partial charge in [-0.05, 0) is 18.6 Å². The first-order chi connectivity index (χ1) is 7.00. The van der Waals surface area contributed by atoms with Crippen molar-refractivity contribution in [1.29, 1.82) is 0 Å². The van der Waals surface area contributed by atoms with Gasteiger partial charge in [0.15, 0.2) is 0 Å². The lowest BCUT2D eigenvalue weighted by Crippen LogP contribution is -2.16. The molecule has 0 atom stereocenters. The summed E-state index contributed by atoms with van der Waals surface area (Å²) < 4.78 is 13.3. The molecule has 0 spiro atoms. The van der Waals surface area contributed by atoms with E-state index in [-0.39, 0.29) is 5.69 Å². The second-order valence-electron chi connectivity index (χ2n) is 3.06. The summed E-state index contributed by atoms with van der Waals surface area (Å²) >= 11 is 0. The topological polar surface area (TPSA) is 66.4 Å². The molecule has 0 aliphatic rings. The summed E-state index contributed by atoms with van der Waals surface area (Å²) in [4.78, 5) is 21.2. The maximum Gasteiger partial charge on any atom is 0.312 e. The number of hydrogen-bond donors (Lipinski definition) is 2. The largest absolute Gasteiger partial charge is 0.481 e. The summed E-state index contributed by atoms with van der Waals surface area (Å²) in [5, 5.41) is 10.5. The van der Waals surface area contributed by atoms with E-state index >= 15 is 0 Å². The first-order valence-corrected chi connectivity index (χ1v) is 4.27. The van der Waals surface area contributed by atoms with Gasteiger partial charge in [0.05, 0.1) is 5.69 Å². The van der Waals surface area contributed by atoms with Crippen molar-refractivity contribution in [3.63, 3.8) is 0 Å². The highest BCUT2D eigenvalue weighted by Crippen LogP contribution is 2.16. The van der Waals surface area contributed by atoms with Gasteiger partial charge in [-0.2, -0.15) is 0 Å². The molecule has 0 radical (unpaired) electrons. The number of carboxylic acids is 1. The van der Waals surface area contributed by atoms with E-state index in [0.29, 0.717) is 5.56 Å². The molecule has 4 nitrogen and oxygen atoms in total. The van der Waals surface area contributed by atoms with Crippen molar-refractivity contribution in [2.45, 2.75) is 13.3 Å². The van der Waals surface area contributed by atoms with Crippen LogP contribution in [0.1, 0.15) is 12.0 Å². The minimum Gasteiger partial charge on any atom is -0.481 e. The minimum atomic E-state index is -1.25. The summed E-state index contributed by atoms with van der Waals surface area (Å²) in [6.07, 6.45) is -0.673. The van der Waals surface area contributed by atoms with Crippen LogP contribution in [0.5, 0.6) is 0 Å². The van der Waals surface area contributed by atoms with Crippen molar-refractivity contribution in [3.8, 4) is 0 Å². The molecule has 0 heterocycles. The van der Waals surface area contributed by atoms with E-state index in [1.54, 1.807) is 19.1 Å². The predicted octanol–water partition coefficient (Wildman–Crippen LogP) is 1.55. The predicted molar refractivity (Wildman–Crippen MR) is 52.0 cm³/mol. The fourth-order valence-electron chi connectivity index (χ4n) is 1.08. The number of aryl methyl sites for hydroxylation is 1. The molecule has 1 aromatic rings. The zero-order chi connectivity index (χ0) is 11.4. The average Bonchev–Trinajstić information content (AvgIpc) is 2.11. The molecule has 0 aliphatic carbocycles. The standard InChI is InChI=1S/C10H10FNO3/c1-6-3-2-4-7(10(6)11)12-8(13)5-9(14)15/h2-4H,5H2,1H3,(H,12,13)(H,14,15). The Morgan fingerprint density at radius 2 is 2.13 bits per heavy atom. The highest BCUT2D eigenvalue weighted by atomic mass is 19.1. The molecule has 0 aromatic heterocycles. The Kier molecular flexibility index (Phi) is 3.38. The van der Waals surface area contributed by atoms with Crippen LogP contribution in [0.2, 0.25) is 0 Å². The number of carbonyl (C=O) groups is 2. The third-order valence-electron chi connectivity index (χ3n) is 1.78. The number of halogens is 1. The summed E-state index contributed by atoms with van der Waals surface area (Å²) in [6, 6.07) is 4.51. The van der Waals surface area contributed by atoms with E-state index in [1.807, 2.05) is 0 Å². The maximum absolute atomic E-state index is 13.3. The molecule has 80 valence electrons. The van der Waals surface area contributed by atoms with E-state index < -0.39 is 24.1 Å². The smallest absolute Gasteiger partial charge is 0.312 e. The third-order valence-corrected chi connectivity index (χ3v) is 1.78. The quantitative estimate of drug-likeness (QED) is 0.745. The molecule has 15 heavy (non-hydrogen) atoms. The van der Waals surface area contributed by atoms with E-state index in [1.165, 1.54) is 6.07 Å². The summed E-state index contributed by atoms with van der Waals surface area (Å²) in [5.41, 5.74) is 0.393. The third kappa shape index (κ3) is 3.05. The van der Waals surface area contributed by atoms with Crippen molar-refractivity contribution in [2.75, 3.05) is 5.32 Å². The Morgan fingerprint density at radius 3 is 2.73 bits per heavy atom. The number of rotatable bonds is 3. The van der Waals surface area contributed by atoms with Gasteiger partial charge < -0.3 is 10.4 Å². The highest BCUT2D eigenvalue weighted by molar-refractivity contribution is 6.01. The van der Waals surface area contributed by atoms with Gasteiger partial charge in [-0.3, -0.25) is 9.59 Å². The summed E-state index contributed by atoms with van der Waals surface area (Å²) in [5.74, 6) is -2.54. The van der Waals surface area contributed by atoms with Gasteiger partial charge in [0.25, 0.3) is 0 Å². The van der Waals surface area contributed by atoms with Crippen LogP contribution in [-0.4, -0.2) is 17.0 Å². The Bertz CT molecular complexity index is 404. The Hall–Kier alpha value is -1.91. The van der Waals surface area contributed by atoms with Crippen LogP contribution < -0.4 is 5.32 Å². The molecule has 0 fully saturated rings. The molecule has 0 unspecified atom stereocenters. The lowest BCUT2D eigenvalue weighted by molar-refractivity contribution is -0.139. The number of amides is 1. The second kappa shape index (κ2) is 4.54. The molecule has 1 aromatic carbocycles. The number of anilines is 1. The number of hydrogen-bond acceptors (Lipinski definition) is 2. The number of nitrogens with one attached hydrogen (secondary N) is 1. The molecule has 0 saturated heterocycles. The Morgan fingerprint density at radius 1 is 1.47 bits per heavy atom. The van der Waals surface area contributed by atoms with Crippen LogP contribution in [0.4, 0.5) is 10.1 Å². The van der Waals surface area contributed by atoms with Gasteiger partial charge in [-0.25, -0.2) is 4.39 Å².